The van der Waals surface area contributed by atoms with Crippen LogP contribution in [0.25, 0.3) is 0 Å². The molecule has 3 nitrogen and oxygen atoms in total. The third-order valence-corrected chi connectivity index (χ3v) is 2.42. The molecule has 0 spiro atoms. The topological polar surface area (TPSA) is 55.5 Å². The summed E-state index contributed by atoms with van der Waals surface area (Å²) in [6.07, 6.45) is 1.43. The number of phenols is 1. The van der Waals surface area contributed by atoms with E-state index in [-0.39, 0.29) is 11.5 Å². The molecule has 0 aliphatic carbocycles. The van der Waals surface area contributed by atoms with Crippen LogP contribution in [0.1, 0.15) is 17.5 Å². The minimum atomic E-state index is -0.535. The highest BCUT2D eigenvalue weighted by Gasteiger charge is 2.14. The van der Waals surface area contributed by atoms with Crippen LogP contribution in [-0.2, 0) is 6.42 Å². The molecule has 84 valence electrons. The van der Waals surface area contributed by atoms with Gasteiger partial charge in [-0.2, -0.15) is 0 Å². The van der Waals surface area contributed by atoms with Gasteiger partial charge in [-0.15, -0.1) is 0 Å². The number of ether oxygens (including phenoxy) is 1. The van der Waals surface area contributed by atoms with Crippen molar-refractivity contribution in [2.24, 2.45) is 5.73 Å². The van der Waals surface area contributed by atoms with Crippen LogP contribution in [0.5, 0.6) is 11.5 Å². The van der Waals surface area contributed by atoms with Crippen molar-refractivity contribution < 1.29 is 14.2 Å². The van der Waals surface area contributed by atoms with Gasteiger partial charge in [-0.05, 0) is 43.5 Å². The summed E-state index contributed by atoms with van der Waals surface area (Å²) in [6.45, 7) is 2.29. The van der Waals surface area contributed by atoms with Gasteiger partial charge >= 0.3 is 0 Å². The van der Waals surface area contributed by atoms with Gasteiger partial charge in [-0.3, -0.25) is 0 Å². The normalized spacial score (nSPS) is 10.4. The standard InChI is InChI=1S/C11H16FNO2/c1-7-8(4-3-5-13)6-9(12)11(15-2)10(7)14/h6,14H,3-5,13H2,1-2H3. The van der Waals surface area contributed by atoms with Gasteiger partial charge in [0.25, 0.3) is 0 Å². The van der Waals surface area contributed by atoms with Gasteiger partial charge in [0.05, 0.1) is 7.11 Å². The zero-order valence-electron chi connectivity index (χ0n) is 9.01. The van der Waals surface area contributed by atoms with E-state index in [9.17, 15) is 9.50 Å². The average Bonchev–Trinajstić information content (AvgIpc) is 2.22. The van der Waals surface area contributed by atoms with Crippen molar-refractivity contribution in [1.29, 1.82) is 0 Å². The molecule has 0 atom stereocenters. The van der Waals surface area contributed by atoms with Gasteiger partial charge < -0.3 is 15.6 Å². The second-order valence-corrected chi connectivity index (χ2v) is 3.42. The van der Waals surface area contributed by atoms with Crippen LogP contribution in [0.4, 0.5) is 4.39 Å². The largest absolute Gasteiger partial charge is 0.504 e. The van der Waals surface area contributed by atoms with Gasteiger partial charge in [-0.1, -0.05) is 0 Å². The summed E-state index contributed by atoms with van der Waals surface area (Å²) >= 11 is 0. The van der Waals surface area contributed by atoms with Crippen molar-refractivity contribution in [3.8, 4) is 11.5 Å². The number of aryl methyl sites for hydroxylation is 1. The highest BCUT2D eigenvalue weighted by molar-refractivity contribution is 5.50. The summed E-state index contributed by atoms with van der Waals surface area (Å²) in [5, 5.41) is 9.66. The minimum Gasteiger partial charge on any atom is -0.504 e. The first kappa shape index (κ1) is 11.8. The number of rotatable bonds is 4. The summed E-state index contributed by atoms with van der Waals surface area (Å²) in [5.41, 5.74) is 6.81. The minimum absolute atomic E-state index is 0.0935. The fourth-order valence-corrected chi connectivity index (χ4v) is 1.51. The average molecular weight is 213 g/mol. The Hall–Kier alpha value is -1.29. The molecule has 0 aliphatic rings. The lowest BCUT2D eigenvalue weighted by molar-refractivity contribution is 0.349. The molecule has 0 fully saturated rings. The van der Waals surface area contributed by atoms with Crippen LogP contribution in [0.3, 0.4) is 0 Å². The van der Waals surface area contributed by atoms with Crippen molar-refractivity contribution in [2.45, 2.75) is 19.8 Å². The Morgan fingerprint density at radius 3 is 2.73 bits per heavy atom. The molecule has 1 aromatic carbocycles. The van der Waals surface area contributed by atoms with E-state index in [4.69, 9.17) is 10.5 Å². The van der Waals surface area contributed by atoms with E-state index in [2.05, 4.69) is 0 Å². The fourth-order valence-electron chi connectivity index (χ4n) is 1.51. The predicted octanol–water partition coefficient (Wildman–Crippen LogP) is 1.74. The molecule has 0 unspecified atom stereocenters. The highest BCUT2D eigenvalue weighted by atomic mass is 19.1. The molecule has 0 saturated heterocycles. The lowest BCUT2D eigenvalue weighted by Crippen LogP contribution is -2.02. The third-order valence-electron chi connectivity index (χ3n) is 2.42. The van der Waals surface area contributed by atoms with E-state index >= 15 is 0 Å². The predicted molar refractivity (Wildman–Crippen MR) is 56.7 cm³/mol. The van der Waals surface area contributed by atoms with Crippen LogP contribution >= 0.6 is 0 Å². The third kappa shape index (κ3) is 2.39. The Labute approximate surface area is 88.7 Å². The lowest BCUT2D eigenvalue weighted by atomic mass is 10.0. The van der Waals surface area contributed by atoms with Crippen LogP contribution in [-0.4, -0.2) is 18.8 Å². The maximum absolute atomic E-state index is 13.4. The van der Waals surface area contributed by atoms with Crippen LogP contribution in [0.15, 0.2) is 6.07 Å². The van der Waals surface area contributed by atoms with E-state index in [1.165, 1.54) is 13.2 Å². The molecule has 4 heteroatoms. The maximum atomic E-state index is 13.4. The summed E-state index contributed by atoms with van der Waals surface area (Å²) in [7, 11) is 1.33. The molecule has 0 heterocycles. The summed E-state index contributed by atoms with van der Waals surface area (Å²) in [4.78, 5) is 0. The number of nitrogens with two attached hydrogens (primary N) is 1. The molecule has 1 rings (SSSR count). The van der Waals surface area contributed by atoms with Crippen molar-refractivity contribution in [3.05, 3.63) is 23.0 Å². The van der Waals surface area contributed by atoms with Gasteiger partial charge in [0.2, 0.25) is 0 Å². The number of phenolic OH excluding ortho intramolecular Hbond substituents is 1. The first-order valence-electron chi connectivity index (χ1n) is 4.86. The summed E-state index contributed by atoms with van der Waals surface area (Å²) < 4.78 is 18.2. The van der Waals surface area contributed by atoms with E-state index in [1.54, 1.807) is 6.92 Å². The Bertz CT molecular complexity index is 353. The van der Waals surface area contributed by atoms with Gasteiger partial charge in [0, 0.05) is 0 Å². The van der Waals surface area contributed by atoms with Gasteiger partial charge in [-0.25, -0.2) is 4.39 Å². The van der Waals surface area contributed by atoms with Crippen LogP contribution in [0.2, 0.25) is 0 Å². The Balaban J connectivity index is 3.10. The van der Waals surface area contributed by atoms with Crippen molar-refractivity contribution in [2.75, 3.05) is 13.7 Å². The zero-order valence-corrected chi connectivity index (χ0v) is 9.01. The second kappa shape index (κ2) is 4.98. The highest BCUT2D eigenvalue weighted by Crippen LogP contribution is 2.34. The SMILES string of the molecule is COc1c(F)cc(CCCN)c(C)c1O. The maximum Gasteiger partial charge on any atom is 0.196 e. The van der Waals surface area contributed by atoms with Crippen molar-refractivity contribution in [1.82, 2.24) is 0 Å². The Kier molecular flexibility index (Phi) is 3.91. The molecule has 1 aromatic rings. The molecule has 15 heavy (non-hydrogen) atoms. The van der Waals surface area contributed by atoms with Crippen LogP contribution < -0.4 is 10.5 Å². The van der Waals surface area contributed by atoms with Crippen LogP contribution in [0, 0.1) is 12.7 Å². The molecular formula is C11H16FNO2. The molecule has 0 bridgehead atoms. The number of hydrogen-bond donors (Lipinski definition) is 2. The van der Waals surface area contributed by atoms with E-state index in [0.717, 1.165) is 12.0 Å². The van der Waals surface area contributed by atoms with Gasteiger partial charge in [0.1, 0.15) is 0 Å². The second-order valence-electron chi connectivity index (χ2n) is 3.42. The first-order chi connectivity index (χ1) is 7.11. The van der Waals surface area contributed by atoms with E-state index in [0.29, 0.717) is 18.5 Å². The Morgan fingerprint density at radius 1 is 1.53 bits per heavy atom. The molecular weight excluding hydrogens is 197 g/mol. The number of methoxy groups -OCH3 is 1. The van der Waals surface area contributed by atoms with Gasteiger partial charge in [0.15, 0.2) is 17.3 Å². The monoisotopic (exact) mass is 213 g/mol. The first-order valence-corrected chi connectivity index (χ1v) is 4.86. The van der Waals surface area contributed by atoms with Crippen molar-refractivity contribution >= 4 is 0 Å². The molecule has 0 radical (unpaired) electrons. The van der Waals surface area contributed by atoms with E-state index in [1.807, 2.05) is 0 Å². The fraction of sp³-hybridized carbons (Fsp3) is 0.455. The number of halogens is 1. The smallest absolute Gasteiger partial charge is 0.196 e. The Morgan fingerprint density at radius 2 is 2.20 bits per heavy atom. The summed E-state index contributed by atoms with van der Waals surface area (Å²) in [5.74, 6) is -0.749. The number of hydrogen-bond acceptors (Lipinski definition) is 3. The summed E-state index contributed by atoms with van der Waals surface area (Å²) in [6, 6.07) is 1.39. The number of benzene rings is 1. The molecule has 0 saturated carbocycles. The van der Waals surface area contributed by atoms with Crippen molar-refractivity contribution in [3.63, 3.8) is 0 Å². The molecule has 0 aromatic heterocycles. The zero-order chi connectivity index (χ0) is 11.4. The number of aromatic hydroxyl groups is 1. The molecule has 0 amide bonds. The lowest BCUT2D eigenvalue weighted by Gasteiger charge is -2.11. The quantitative estimate of drug-likeness (QED) is 0.801. The molecule has 0 aliphatic heterocycles. The van der Waals surface area contributed by atoms with E-state index < -0.39 is 5.82 Å². The molecule has 3 N–H and O–H groups in total.